The van der Waals surface area contributed by atoms with Gasteiger partial charge in [0, 0.05) is 28.9 Å². The number of non-ortho nitro benzene ring substituents is 1. The Labute approximate surface area is 161 Å². The molecule has 6 heteroatoms. The Morgan fingerprint density at radius 2 is 1.54 bits per heavy atom. The van der Waals surface area contributed by atoms with Crippen molar-refractivity contribution in [3.05, 3.63) is 112 Å². The van der Waals surface area contributed by atoms with Crippen LogP contribution in [0.15, 0.2) is 84.9 Å². The predicted octanol–water partition coefficient (Wildman–Crippen LogP) is 4.74. The number of carbonyl (C=O) groups is 2. The zero-order valence-corrected chi connectivity index (χ0v) is 14.7. The molecule has 138 valence electrons. The Hall–Kier alpha value is -4.06. The van der Waals surface area contributed by atoms with Gasteiger partial charge in [0.15, 0.2) is 5.78 Å². The van der Waals surface area contributed by atoms with E-state index in [-0.39, 0.29) is 17.0 Å². The van der Waals surface area contributed by atoms with Crippen molar-refractivity contribution in [1.29, 1.82) is 0 Å². The van der Waals surface area contributed by atoms with Crippen molar-refractivity contribution < 1.29 is 14.5 Å². The van der Waals surface area contributed by atoms with Crippen LogP contribution in [0.3, 0.4) is 0 Å². The van der Waals surface area contributed by atoms with E-state index in [1.54, 1.807) is 54.6 Å². The number of amides is 1. The van der Waals surface area contributed by atoms with Crippen molar-refractivity contribution in [3.8, 4) is 0 Å². The number of nitro groups is 1. The molecule has 0 aliphatic heterocycles. The maximum absolute atomic E-state index is 12.3. The summed E-state index contributed by atoms with van der Waals surface area (Å²) in [5.74, 6) is -0.533. The molecule has 6 nitrogen and oxygen atoms in total. The average Bonchev–Trinajstić information content (AvgIpc) is 2.73. The summed E-state index contributed by atoms with van der Waals surface area (Å²) in [6.07, 6.45) is 3.19. The fourth-order valence-corrected chi connectivity index (χ4v) is 2.51. The second kappa shape index (κ2) is 8.55. The molecule has 0 heterocycles. The average molecular weight is 372 g/mol. The Morgan fingerprint density at radius 1 is 0.857 bits per heavy atom. The van der Waals surface area contributed by atoms with Gasteiger partial charge in [-0.1, -0.05) is 54.6 Å². The van der Waals surface area contributed by atoms with E-state index in [1.807, 2.05) is 6.07 Å². The molecule has 0 saturated heterocycles. The lowest BCUT2D eigenvalue weighted by molar-refractivity contribution is -0.384. The van der Waals surface area contributed by atoms with Gasteiger partial charge in [-0.05, 0) is 29.8 Å². The fourth-order valence-electron chi connectivity index (χ4n) is 2.51. The van der Waals surface area contributed by atoms with Crippen molar-refractivity contribution in [2.24, 2.45) is 0 Å². The van der Waals surface area contributed by atoms with Crippen LogP contribution in [0.25, 0.3) is 6.08 Å². The number of anilines is 1. The van der Waals surface area contributed by atoms with Gasteiger partial charge in [-0.2, -0.15) is 0 Å². The lowest BCUT2D eigenvalue weighted by Crippen LogP contribution is -2.11. The number of benzene rings is 3. The summed E-state index contributed by atoms with van der Waals surface area (Å²) in [6, 6.07) is 21.4. The van der Waals surface area contributed by atoms with Gasteiger partial charge in [-0.15, -0.1) is 0 Å². The van der Waals surface area contributed by atoms with E-state index in [9.17, 15) is 19.7 Å². The van der Waals surface area contributed by atoms with E-state index in [0.29, 0.717) is 11.3 Å². The lowest BCUT2D eigenvalue weighted by Gasteiger charge is -2.05. The van der Waals surface area contributed by atoms with Gasteiger partial charge in [-0.3, -0.25) is 19.7 Å². The summed E-state index contributed by atoms with van der Waals surface area (Å²) in [4.78, 5) is 34.6. The molecule has 0 radical (unpaired) electrons. The number of hydrogen-bond acceptors (Lipinski definition) is 4. The summed E-state index contributed by atoms with van der Waals surface area (Å²) in [5, 5.41) is 13.5. The number of nitrogens with one attached hydrogen (secondary N) is 1. The molecular weight excluding hydrogens is 356 g/mol. The second-order valence-corrected chi connectivity index (χ2v) is 5.95. The molecule has 0 aromatic heterocycles. The van der Waals surface area contributed by atoms with E-state index in [2.05, 4.69) is 5.32 Å². The van der Waals surface area contributed by atoms with Crippen LogP contribution in [0.5, 0.6) is 0 Å². The van der Waals surface area contributed by atoms with Crippen molar-refractivity contribution >= 4 is 29.1 Å². The first-order chi connectivity index (χ1) is 13.5. The number of ketones is 1. The monoisotopic (exact) mass is 372 g/mol. The quantitative estimate of drug-likeness (QED) is 0.293. The third-order valence-corrected chi connectivity index (χ3v) is 3.97. The van der Waals surface area contributed by atoms with Crippen molar-refractivity contribution in [1.82, 2.24) is 0 Å². The zero-order valence-electron chi connectivity index (χ0n) is 14.7. The van der Waals surface area contributed by atoms with Crippen LogP contribution in [0.1, 0.15) is 26.3 Å². The molecule has 0 aliphatic carbocycles. The van der Waals surface area contributed by atoms with Crippen molar-refractivity contribution in [3.63, 3.8) is 0 Å². The molecular formula is C22H16N2O4. The van der Waals surface area contributed by atoms with Gasteiger partial charge >= 0.3 is 0 Å². The second-order valence-electron chi connectivity index (χ2n) is 5.95. The SMILES string of the molecule is O=C(C=Cc1ccc(NC(=O)c2cccc([N+](=O)[O-])c2)cc1)c1ccccc1. The molecule has 28 heavy (non-hydrogen) atoms. The summed E-state index contributed by atoms with van der Waals surface area (Å²) < 4.78 is 0. The van der Waals surface area contributed by atoms with Crippen LogP contribution in [-0.4, -0.2) is 16.6 Å². The first-order valence-electron chi connectivity index (χ1n) is 8.46. The third-order valence-electron chi connectivity index (χ3n) is 3.97. The van der Waals surface area contributed by atoms with Gasteiger partial charge < -0.3 is 5.32 Å². The molecule has 3 aromatic rings. The number of nitro benzene ring substituents is 1. The number of rotatable bonds is 6. The molecule has 0 fully saturated rings. The standard InChI is InChI=1S/C22H16N2O4/c25-21(17-5-2-1-3-6-17)14-11-16-9-12-19(13-10-16)23-22(26)18-7-4-8-20(15-18)24(27)28/h1-15H,(H,23,26). The largest absolute Gasteiger partial charge is 0.322 e. The van der Waals surface area contributed by atoms with Gasteiger partial charge in [0.05, 0.1) is 4.92 Å². The van der Waals surface area contributed by atoms with E-state index in [4.69, 9.17) is 0 Å². The molecule has 1 N–H and O–H groups in total. The van der Waals surface area contributed by atoms with Crippen LogP contribution in [0, 0.1) is 10.1 Å². The van der Waals surface area contributed by atoms with Crippen LogP contribution in [0.4, 0.5) is 11.4 Å². The summed E-state index contributed by atoms with van der Waals surface area (Å²) in [6.45, 7) is 0. The van der Waals surface area contributed by atoms with Gasteiger partial charge in [0.1, 0.15) is 0 Å². The third kappa shape index (κ3) is 4.76. The number of allylic oxidation sites excluding steroid dienone is 1. The molecule has 0 unspecified atom stereocenters. The van der Waals surface area contributed by atoms with Crippen LogP contribution in [-0.2, 0) is 0 Å². The molecule has 0 bridgehead atoms. The molecule has 3 aromatic carbocycles. The van der Waals surface area contributed by atoms with E-state index < -0.39 is 10.8 Å². The Balaban J connectivity index is 1.65. The van der Waals surface area contributed by atoms with Crippen LogP contribution < -0.4 is 5.32 Å². The molecule has 0 atom stereocenters. The topological polar surface area (TPSA) is 89.3 Å². The highest BCUT2D eigenvalue weighted by molar-refractivity contribution is 6.07. The van der Waals surface area contributed by atoms with Crippen molar-refractivity contribution in [2.75, 3.05) is 5.32 Å². The number of carbonyl (C=O) groups excluding carboxylic acids is 2. The maximum atomic E-state index is 12.3. The lowest BCUT2D eigenvalue weighted by atomic mass is 10.1. The smallest absolute Gasteiger partial charge is 0.270 e. The van der Waals surface area contributed by atoms with Crippen LogP contribution in [0.2, 0.25) is 0 Å². The van der Waals surface area contributed by atoms with Gasteiger partial charge in [-0.25, -0.2) is 0 Å². The van der Waals surface area contributed by atoms with E-state index in [1.165, 1.54) is 30.3 Å². The first kappa shape index (κ1) is 18.7. The Kier molecular flexibility index (Phi) is 5.72. The molecule has 0 spiro atoms. The highest BCUT2D eigenvalue weighted by atomic mass is 16.6. The highest BCUT2D eigenvalue weighted by Gasteiger charge is 2.11. The summed E-state index contributed by atoms with van der Waals surface area (Å²) in [7, 11) is 0. The van der Waals surface area contributed by atoms with E-state index in [0.717, 1.165) is 5.56 Å². The normalized spacial score (nSPS) is 10.6. The number of hydrogen-bond donors (Lipinski definition) is 1. The highest BCUT2D eigenvalue weighted by Crippen LogP contribution is 2.16. The molecule has 1 amide bonds. The molecule has 0 saturated carbocycles. The van der Waals surface area contributed by atoms with Gasteiger partial charge in [0.25, 0.3) is 11.6 Å². The van der Waals surface area contributed by atoms with Crippen molar-refractivity contribution in [2.45, 2.75) is 0 Å². The molecule has 3 rings (SSSR count). The Bertz CT molecular complexity index is 1040. The fraction of sp³-hybridized carbons (Fsp3) is 0. The molecule has 0 aliphatic rings. The maximum Gasteiger partial charge on any atom is 0.270 e. The van der Waals surface area contributed by atoms with E-state index >= 15 is 0 Å². The first-order valence-corrected chi connectivity index (χ1v) is 8.46. The minimum atomic E-state index is -0.547. The van der Waals surface area contributed by atoms with Crippen LogP contribution >= 0.6 is 0 Å². The predicted molar refractivity (Wildman–Crippen MR) is 107 cm³/mol. The number of nitrogens with zero attached hydrogens (tertiary/aromatic N) is 1. The Morgan fingerprint density at radius 3 is 2.21 bits per heavy atom. The summed E-state index contributed by atoms with van der Waals surface area (Å²) in [5.41, 5.74) is 2.02. The minimum Gasteiger partial charge on any atom is -0.322 e. The summed E-state index contributed by atoms with van der Waals surface area (Å²) >= 11 is 0. The van der Waals surface area contributed by atoms with Gasteiger partial charge in [0.2, 0.25) is 0 Å². The minimum absolute atomic E-state index is 0.0938. The zero-order chi connectivity index (χ0) is 19.9.